The van der Waals surface area contributed by atoms with E-state index in [1.165, 1.54) is 12.1 Å². The fraction of sp³-hybridized carbons (Fsp3) is 0. The molecule has 0 atom stereocenters. The molecule has 0 aliphatic rings. The van der Waals surface area contributed by atoms with Crippen LogP contribution in [0, 0.1) is 238 Å². The van der Waals surface area contributed by atoms with Crippen molar-refractivity contribution in [2.75, 3.05) is 0 Å². The second-order valence-corrected chi connectivity index (χ2v) is 21.9. The first kappa shape index (κ1) is 84.1. The summed E-state index contributed by atoms with van der Waals surface area (Å²) < 4.78 is 54.6. The Balaban J connectivity index is 0.000000221. The van der Waals surface area contributed by atoms with Gasteiger partial charge >= 0.3 is 34.9 Å². The number of nitriles is 12. The second kappa shape index (κ2) is 39.9. The average Bonchev–Trinajstić information content (AvgIpc) is 0.734. The number of rotatable bonds is 0. The highest BCUT2D eigenvalue weighted by Gasteiger charge is 2.26. The van der Waals surface area contributed by atoms with Crippen LogP contribution in [0.25, 0.3) is 180 Å². The Labute approximate surface area is 653 Å². The number of allylic oxidation sites excluding steroid dienone is 1. The van der Waals surface area contributed by atoms with Crippen LogP contribution in [0.2, 0.25) is 0 Å². The lowest BCUT2D eigenvalue weighted by molar-refractivity contribution is 0.434. The molecule has 0 heterocycles. The van der Waals surface area contributed by atoms with E-state index in [9.17, 15) is 17.6 Å². The molecule has 0 radical (unpaired) electrons. The Hall–Kier alpha value is -20.8. The molecule has 11 aromatic carbocycles. The van der Waals surface area contributed by atoms with Gasteiger partial charge in [-0.1, -0.05) is 97.1 Å². The van der Waals surface area contributed by atoms with Gasteiger partial charge in [0, 0.05) is 20.9 Å². The first-order valence-corrected chi connectivity index (χ1v) is 31.1. The molecule has 526 valence electrons. The molecular weight excluding hydrogens is 1470 g/mol. The summed E-state index contributed by atoms with van der Waals surface area (Å²) in [5, 5.41) is 118. The van der Waals surface area contributed by atoms with Crippen molar-refractivity contribution in [2.24, 2.45) is 0 Å². The smallest absolute Gasteiger partial charge is 0.204 e. The first-order chi connectivity index (χ1) is 56.1. The third-order valence-electron chi connectivity index (χ3n) is 15.8. The molecule has 28 heteroatoms. The predicted octanol–water partition coefficient (Wildman–Crippen LogP) is 11.9. The SMILES string of the molecule is [C-]#[N+]C([N+]#[C-])=C(C#N)C#N.[C-]#[N+]C([N+]#[C-])=c1c(F)c(F)c(=C(C#N)C#N)c(F)c1F.[C-]#[N+]C([N+]#[C-])=c1cc2ccc3cc(=C(C#N)C#N)cc4ccc(c1)c2c34.[C-]#[N+]C([N+]#[C-])=c1ccc(=C(C#N)C#N)cc1.[C-]#[N+]C([N+]#[C-])=c1ccc2cc(=C(C#N)C#N)ccc2c1.[C-]#[N+]C([N+]#[C-])=c1ccc2cc3cc(=C(C#N)C#N)ccc3cc2c1. The Bertz CT molecular complexity index is 7310. The number of nitrogens with zero attached hydrogens (tertiary/aromatic N) is 24. The molecule has 0 N–H and O–H groups in total. The van der Waals surface area contributed by atoms with Crippen molar-refractivity contribution in [1.29, 1.82) is 63.1 Å². The average molecular weight is 1500 g/mol. The van der Waals surface area contributed by atoms with Gasteiger partial charge in [0.1, 0.15) is 185 Å². The van der Waals surface area contributed by atoms with E-state index in [-0.39, 0.29) is 45.6 Å². The largest absolute Gasteiger partial charge is 0.548 e. The van der Waals surface area contributed by atoms with Gasteiger partial charge in [0.05, 0.1) is 26.1 Å². The molecule has 0 fully saturated rings. The van der Waals surface area contributed by atoms with Crippen molar-refractivity contribution in [1.82, 2.24) is 0 Å². The van der Waals surface area contributed by atoms with Crippen molar-refractivity contribution in [3.63, 3.8) is 0 Å². The molecule has 11 aromatic rings. The van der Waals surface area contributed by atoms with Crippen LogP contribution >= 0.6 is 0 Å². The number of hydrogen-bond acceptors (Lipinski definition) is 12. The zero-order valence-corrected chi connectivity index (χ0v) is 58.3. The maximum Gasteiger partial charge on any atom is 0.548 e. The molecule has 0 aliphatic heterocycles. The van der Waals surface area contributed by atoms with Crippen LogP contribution in [0.1, 0.15) is 0 Å². The maximum atomic E-state index is 13.6. The van der Waals surface area contributed by atoms with E-state index in [1.54, 1.807) is 84.9 Å². The van der Waals surface area contributed by atoms with Gasteiger partial charge in [-0.15, -0.1) is 0 Å². The van der Waals surface area contributed by atoms with Crippen molar-refractivity contribution in [2.45, 2.75) is 0 Å². The highest BCUT2D eigenvalue weighted by Crippen LogP contribution is 2.33. The molecule has 11 rings (SSSR count). The molecule has 0 saturated heterocycles. The molecule has 0 aliphatic carbocycles. The molecule has 24 nitrogen and oxygen atoms in total. The van der Waals surface area contributed by atoms with Gasteiger partial charge in [-0.05, 0) is 125 Å². The zero-order chi connectivity index (χ0) is 85.3. The number of benzene rings is 11. The Kier molecular flexibility index (Phi) is 28.9. The van der Waals surface area contributed by atoms with E-state index in [0.717, 1.165) is 76.8 Å². The number of fused-ring (bicyclic) bond motifs is 3. The van der Waals surface area contributed by atoms with Gasteiger partial charge < -0.3 is 0 Å². The van der Waals surface area contributed by atoms with Gasteiger partial charge in [0.25, 0.3) is 0 Å². The quantitative estimate of drug-likeness (QED) is 0.0341. The monoisotopic (exact) mass is 1490 g/mol. The van der Waals surface area contributed by atoms with Gasteiger partial charge in [-0.2, -0.15) is 121 Å². The molecule has 0 bridgehead atoms. The number of hydrogen-bond donors (Lipinski definition) is 0. The third-order valence-corrected chi connectivity index (χ3v) is 15.8. The van der Waals surface area contributed by atoms with Crippen molar-refractivity contribution in [3.05, 3.63) is 382 Å². The highest BCUT2D eigenvalue weighted by atomic mass is 19.2. The molecule has 0 spiro atoms. The van der Waals surface area contributed by atoms with Gasteiger partial charge in [0.2, 0.25) is 5.57 Å². The minimum Gasteiger partial charge on any atom is -0.204 e. The van der Waals surface area contributed by atoms with E-state index >= 15 is 0 Å². The van der Waals surface area contributed by atoms with E-state index in [1.807, 2.05) is 121 Å². The summed E-state index contributed by atoms with van der Waals surface area (Å²) in [6, 6.07) is 66.7. The lowest BCUT2D eigenvalue weighted by Gasteiger charge is -2.10. The molecular formula is C88H26F4N24. The molecule has 0 aromatic heterocycles. The van der Waals surface area contributed by atoms with Gasteiger partial charge in [0.15, 0.2) is 23.3 Å². The maximum absolute atomic E-state index is 13.6. The summed E-state index contributed by atoms with van der Waals surface area (Å²) in [5.41, 5.74) is -1.35. The van der Waals surface area contributed by atoms with E-state index in [2.05, 4.69) is 58.1 Å². The van der Waals surface area contributed by atoms with Crippen LogP contribution in [0.3, 0.4) is 0 Å². The van der Waals surface area contributed by atoms with Crippen LogP contribution in [-0.4, -0.2) is 0 Å². The summed E-state index contributed by atoms with van der Waals surface area (Å²) >= 11 is 0. The van der Waals surface area contributed by atoms with E-state index in [4.69, 9.17) is 142 Å². The first-order valence-electron chi connectivity index (χ1n) is 31.1. The zero-order valence-electron chi connectivity index (χ0n) is 58.3. The van der Waals surface area contributed by atoms with Gasteiger partial charge in [-0.3, -0.25) is 0 Å². The van der Waals surface area contributed by atoms with E-state index in [0.29, 0.717) is 41.7 Å². The van der Waals surface area contributed by atoms with Crippen LogP contribution in [-0.2, 0) is 0 Å². The summed E-state index contributed by atoms with van der Waals surface area (Å²) in [6.45, 7) is 81.7. The number of halogens is 4. The fourth-order valence-electron chi connectivity index (χ4n) is 10.5. The van der Waals surface area contributed by atoms with Crippen molar-refractivity contribution >= 4 is 122 Å². The summed E-state index contributed by atoms with van der Waals surface area (Å²) in [5.74, 6) is -9.62. The fourth-order valence-corrected chi connectivity index (χ4v) is 10.5. The normalized spacial score (nSPS) is 8.83. The minimum atomic E-state index is -2.01. The molecule has 0 amide bonds. The van der Waals surface area contributed by atoms with Crippen LogP contribution in [0.4, 0.5) is 17.6 Å². The van der Waals surface area contributed by atoms with Crippen LogP contribution in [0.15, 0.2) is 169 Å². The molecule has 0 unspecified atom stereocenters. The van der Waals surface area contributed by atoms with Crippen LogP contribution < -0.4 is 52.2 Å². The molecule has 116 heavy (non-hydrogen) atoms. The minimum absolute atomic E-state index is 0.0127. The Morgan fingerprint density at radius 3 is 0.759 bits per heavy atom. The summed E-state index contributed by atoms with van der Waals surface area (Å²) in [6.07, 6.45) is 0. The Morgan fingerprint density at radius 2 is 0.440 bits per heavy atom. The van der Waals surface area contributed by atoms with Crippen molar-refractivity contribution in [3.8, 4) is 72.8 Å². The second-order valence-electron chi connectivity index (χ2n) is 21.9. The Morgan fingerprint density at radius 1 is 0.207 bits per heavy atom. The summed E-state index contributed by atoms with van der Waals surface area (Å²) in [7, 11) is 0. The predicted molar refractivity (Wildman–Crippen MR) is 412 cm³/mol. The highest BCUT2D eigenvalue weighted by molar-refractivity contribution is 6.23. The lowest BCUT2D eigenvalue weighted by atomic mass is 9.93. The van der Waals surface area contributed by atoms with E-state index < -0.39 is 56.5 Å². The third kappa shape index (κ3) is 18.4. The topological polar surface area (TPSA) is 338 Å². The summed E-state index contributed by atoms with van der Waals surface area (Å²) in [4.78, 5) is 35.9. The van der Waals surface area contributed by atoms with Crippen LogP contribution in [0.5, 0.6) is 0 Å². The standard InChI is InChI=1S/C22H8N4.C20H8N4.C16H6N4.C12F4N4.C12H4N4.C6N4/c1-25-22(26-2)18-9-15-5-3-13-7-17(19(11-23)12-24)8-14-4-6-16(10-18)21(15)20(13)14;1-23-20(24-2)16-6-5-14-7-17-9-15(19(11-21)12-22)4-3-13(17)8-18(14)10-16;1-19-16(20-2)14-6-5-11-7-13(15(9-17)10-18)4-3-12(11)8-14;1-19-12(20-2)7-10(15)8(13)6(5(3-17)4-18)9(14)11(7)16;1-15-12(16-2)10-5-3-9(4-6-10)11(7-13)8-14;1-9-6(10-2)5(3-7)4-8/h3-10H;3-10H;3-8H;;3-6H;. The lowest BCUT2D eigenvalue weighted by Crippen LogP contribution is -2.30. The van der Waals surface area contributed by atoms with Crippen molar-refractivity contribution < 1.29 is 17.6 Å². The molecule has 0 saturated carbocycles. The van der Waals surface area contributed by atoms with Gasteiger partial charge in [-0.25, -0.2) is 17.6 Å².